The molecule has 0 heterocycles. The molecular formula is C14H8F8O2S. The van der Waals surface area contributed by atoms with Gasteiger partial charge in [0.15, 0.2) is 11.5 Å². The van der Waals surface area contributed by atoms with Crippen LogP contribution >= 0.6 is 11.4 Å². The van der Waals surface area contributed by atoms with Gasteiger partial charge >= 0.3 is 12.4 Å². The fourth-order valence-corrected chi connectivity index (χ4v) is 2.34. The molecule has 0 unspecified atom stereocenters. The number of hydrogen-bond acceptors (Lipinski definition) is 2. The second kappa shape index (κ2) is 6.62. The van der Waals surface area contributed by atoms with Gasteiger partial charge in [-0.05, 0) is 56.3 Å². The maximum atomic E-state index is 13.7. The summed E-state index contributed by atoms with van der Waals surface area (Å²) in [5.74, 6) is -1.17. The Hall–Kier alpha value is -2.17. The Balaban J connectivity index is 2.06. The molecule has 0 radical (unpaired) electrons. The molecule has 138 valence electrons. The first-order valence-electron chi connectivity index (χ1n) is 6.33. The van der Waals surface area contributed by atoms with Crippen LogP contribution < -0.4 is 8.37 Å². The molecule has 0 amide bonds. The highest BCUT2D eigenvalue weighted by molar-refractivity contribution is 8.17. The quantitative estimate of drug-likeness (QED) is 0.547. The van der Waals surface area contributed by atoms with E-state index in [1.807, 2.05) is 0 Å². The third-order valence-corrected chi connectivity index (χ3v) is 3.52. The molecular weight excluding hydrogens is 384 g/mol. The van der Waals surface area contributed by atoms with E-state index in [4.69, 9.17) is 0 Å². The minimum Gasteiger partial charge on any atom is -0.332 e. The molecule has 0 atom stereocenters. The van der Waals surface area contributed by atoms with Gasteiger partial charge in [-0.15, -0.1) is 0 Å². The molecule has 0 fully saturated rings. The van der Waals surface area contributed by atoms with Crippen molar-refractivity contribution in [2.45, 2.75) is 12.4 Å². The number of rotatable bonds is 4. The largest absolute Gasteiger partial charge is 0.416 e. The van der Waals surface area contributed by atoms with Crippen molar-refractivity contribution in [1.29, 1.82) is 0 Å². The summed E-state index contributed by atoms with van der Waals surface area (Å²) in [6.07, 6.45) is -9.27. The molecule has 0 saturated heterocycles. The lowest BCUT2D eigenvalue weighted by Gasteiger charge is -2.24. The van der Waals surface area contributed by atoms with Crippen molar-refractivity contribution in [3.8, 4) is 11.5 Å². The van der Waals surface area contributed by atoms with Gasteiger partial charge in [0.2, 0.25) is 11.4 Å². The lowest BCUT2D eigenvalue weighted by molar-refractivity contribution is -0.138. The summed E-state index contributed by atoms with van der Waals surface area (Å²) < 4.78 is 110. The number of alkyl halides is 6. The second-order valence-electron chi connectivity index (χ2n) is 4.59. The van der Waals surface area contributed by atoms with Crippen LogP contribution in [0.2, 0.25) is 0 Å². The van der Waals surface area contributed by atoms with Crippen LogP contribution in [0.3, 0.4) is 0 Å². The molecule has 2 rings (SSSR count). The molecule has 0 aliphatic carbocycles. The minimum absolute atomic E-state index is 0.545. The van der Waals surface area contributed by atoms with Crippen molar-refractivity contribution < 1.29 is 42.5 Å². The van der Waals surface area contributed by atoms with Gasteiger partial charge in [-0.3, -0.25) is 0 Å². The van der Waals surface area contributed by atoms with Crippen molar-refractivity contribution in [2.24, 2.45) is 0 Å². The Labute approximate surface area is 138 Å². The summed E-state index contributed by atoms with van der Waals surface area (Å²) in [5, 5.41) is 0. The molecule has 25 heavy (non-hydrogen) atoms. The number of hydrogen-bond donors (Lipinski definition) is 0. The van der Waals surface area contributed by atoms with Gasteiger partial charge in [-0.25, -0.2) is 0 Å². The Morgan fingerprint density at radius 2 is 0.840 bits per heavy atom. The van der Waals surface area contributed by atoms with E-state index in [2.05, 4.69) is 8.37 Å². The van der Waals surface area contributed by atoms with Gasteiger partial charge in [-0.1, -0.05) is 0 Å². The molecule has 2 nitrogen and oxygen atoms in total. The van der Waals surface area contributed by atoms with Gasteiger partial charge in [0.1, 0.15) is 0 Å². The maximum Gasteiger partial charge on any atom is 0.416 e. The Morgan fingerprint density at radius 1 is 0.560 bits per heavy atom. The van der Waals surface area contributed by atoms with Crippen LogP contribution in [0, 0.1) is 0 Å². The van der Waals surface area contributed by atoms with Gasteiger partial charge in [0.25, 0.3) is 0 Å². The SMILES string of the molecule is FC(F)(F)c1ccc(OS(F)(F)Oc2ccc(C(F)(F)F)cc2)cc1. The molecule has 2 aromatic carbocycles. The lowest BCUT2D eigenvalue weighted by atomic mass is 10.2. The predicted molar refractivity (Wildman–Crippen MR) is 74.0 cm³/mol. The lowest BCUT2D eigenvalue weighted by Crippen LogP contribution is -2.07. The Bertz CT molecular complexity index is 646. The van der Waals surface area contributed by atoms with Crippen molar-refractivity contribution >= 4 is 11.4 Å². The molecule has 0 spiro atoms. The second-order valence-corrected chi connectivity index (χ2v) is 5.68. The van der Waals surface area contributed by atoms with E-state index in [0.29, 0.717) is 48.5 Å². The highest BCUT2D eigenvalue weighted by atomic mass is 32.3. The third-order valence-electron chi connectivity index (χ3n) is 2.75. The molecule has 11 heteroatoms. The average molecular weight is 392 g/mol. The van der Waals surface area contributed by atoms with Crippen LogP contribution in [0.25, 0.3) is 0 Å². The molecule has 0 aromatic heterocycles. The van der Waals surface area contributed by atoms with E-state index in [-0.39, 0.29) is 0 Å². The van der Waals surface area contributed by atoms with Crippen molar-refractivity contribution in [2.75, 3.05) is 0 Å². The van der Waals surface area contributed by atoms with Crippen LogP contribution in [0.15, 0.2) is 48.5 Å². The molecule has 0 N–H and O–H groups in total. The molecule has 0 saturated carbocycles. The summed E-state index contributed by atoms with van der Waals surface area (Å²) in [4.78, 5) is 0. The summed E-state index contributed by atoms with van der Waals surface area (Å²) >= 11 is -5.25. The first kappa shape index (κ1) is 19.2. The van der Waals surface area contributed by atoms with Gasteiger partial charge < -0.3 is 8.37 Å². The van der Waals surface area contributed by atoms with Crippen molar-refractivity contribution in [3.63, 3.8) is 0 Å². The first-order valence-corrected chi connectivity index (χ1v) is 7.61. The topological polar surface area (TPSA) is 18.5 Å². The highest BCUT2D eigenvalue weighted by Gasteiger charge is 2.32. The minimum atomic E-state index is -5.25. The molecule has 0 bridgehead atoms. The smallest absolute Gasteiger partial charge is 0.332 e. The van der Waals surface area contributed by atoms with E-state index in [1.165, 1.54) is 0 Å². The normalized spacial score (nSPS) is 13.4. The average Bonchev–Trinajstić information content (AvgIpc) is 2.45. The summed E-state index contributed by atoms with van der Waals surface area (Å²) in [6, 6.07) is 4.90. The van der Waals surface area contributed by atoms with Gasteiger partial charge in [-0.2, -0.15) is 26.3 Å². The zero-order valence-corrected chi connectivity index (χ0v) is 12.7. The summed E-state index contributed by atoms with van der Waals surface area (Å²) in [5.41, 5.74) is -2.11. The molecule has 0 aliphatic rings. The highest BCUT2D eigenvalue weighted by Crippen LogP contribution is 2.53. The van der Waals surface area contributed by atoms with Crippen LogP contribution in [0.1, 0.15) is 11.1 Å². The Kier molecular flexibility index (Phi) is 5.07. The van der Waals surface area contributed by atoms with Gasteiger partial charge in [0.05, 0.1) is 11.1 Å². The zero-order valence-electron chi connectivity index (χ0n) is 11.9. The maximum absolute atomic E-state index is 13.7. The summed E-state index contributed by atoms with van der Waals surface area (Å²) in [6.45, 7) is 0. The van der Waals surface area contributed by atoms with E-state index >= 15 is 0 Å². The van der Waals surface area contributed by atoms with E-state index < -0.39 is 46.3 Å². The molecule has 0 aliphatic heterocycles. The van der Waals surface area contributed by atoms with E-state index in [0.717, 1.165) is 0 Å². The Morgan fingerprint density at radius 3 is 1.08 bits per heavy atom. The fraction of sp³-hybridized carbons (Fsp3) is 0.143. The van der Waals surface area contributed by atoms with Crippen molar-refractivity contribution in [3.05, 3.63) is 59.7 Å². The number of halogens is 8. The monoisotopic (exact) mass is 392 g/mol. The predicted octanol–water partition coefficient (Wildman–Crippen LogP) is 6.59. The van der Waals surface area contributed by atoms with Gasteiger partial charge in [0, 0.05) is 0 Å². The third kappa shape index (κ3) is 5.41. The van der Waals surface area contributed by atoms with Crippen LogP contribution in [0.5, 0.6) is 11.5 Å². The first-order chi connectivity index (χ1) is 11.4. The summed E-state index contributed by atoms with van der Waals surface area (Å²) in [7, 11) is 0. The van der Waals surface area contributed by atoms with E-state index in [1.54, 1.807) is 0 Å². The molecule has 2 aromatic rings. The fourth-order valence-electron chi connectivity index (χ4n) is 1.64. The van der Waals surface area contributed by atoms with Crippen LogP contribution in [-0.4, -0.2) is 0 Å². The zero-order chi connectivity index (χ0) is 18.9. The van der Waals surface area contributed by atoms with E-state index in [9.17, 15) is 34.1 Å². The number of benzene rings is 2. The van der Waals surface area contributed by atoms with Crippen molar-refractivity contribution in [1.82, 2.24) is 0 Å². The van der Waals surface area contributed by atoms with Crippen LogP contribution in [0.4, 0.5) is 34.1 Å². The standard InChI is InChI=1S/C14H8F8O2S/c15-13(16,17)9-1-5-11(6-2-9)23-25(21,22)24-12-7-3-10(4-8-12)14(18,19)20/h1-8H. The van der Waals surface area contributed by atoms with Crippen LogP contribution in [-0.2, 0) is 12.4 Å².